The maximum absolute atomic E-state index is 13.3. The number of anilines is 1. The first-order valence-corrected chi connectivity index (χ1v) is 12.6. The summed E-state index contributed by atoms with van der Waals surface area (Å²) in [7, 11) is 1.83. The Morgan fingerprint density at radius 2 is 2.21 bits per heavy atom. The number of nitrogens with two attached hydrogens (primary N) is 1. The molecule has 4 atom stereocenters. The Kier molecular flexibility index (Phi) is 7.84. The molecule has 1 aliphatic rings. The fourth-order valence-corrected chi connectivity index (χ4v) is 4.95. The first kappa shape index (κ1) is 24.6. The van der Waals surface area contributed by atoms with E-state index < -0.39 is 17.4 Å². The monoisotopic (exact) mass is 548 g/mol. The van der Waals surface area contributed by atoms with Crippen molar-refractivity contribution in [2.24, 2.45) is 11.1 Å². The molecule has 1 unspecified atom stereocenters. The Labute approximate surface area is 208 Å². The molecule has 1 saturated carbocycles. The predicted octanol–water partition coefficient (Wildman–Crippen LogP) is 1.84. The van der Waals surface area contributed by atoms with Crippen molar-refractivity contribution < 1.29 is 18.3 Å². The molecule has 1 aliphatic carbocycles. The Morgan fingerprint density at radius 3 is 2.97 bits per heavy atom. The highest BCUT2D eigenvalue weighted by molar-refractivity contribution is 9.10. The third-order valence-electron chi connectivity index (χ3n) is 5.96. The van der Waals surface area contributed by atoms with Gasteiger partial charge in [0.2, 0.25) is 17.0 Å². The van der Waals surface area contributed by atoms with E-state index in [0.29, 0.717) is 36.5 Å². The number of carbonyl (C=O) groups is 1. The summed E-state index contributed by atoms with van der Waals surface area (Å²) >= 11 is 1.58. The lowest BCUT2D eigenvalue weighted by Gasteiger charge is -2.27. The fourth-order valence-electron chi connectivity index (χ4n) is 4.19. The van der Waals surface area contributed by atoms with Crippen LogP contribution in [0.4, 0.5) is 5.82 Å². The summed E-state index contributed by atoms with van der Waals surface area (Å²) in [6, 6.07) is 9.48. The van der Waals surface area contributed by atoms with Gasteiger partial charge in [-0.25, -0.2) is 19.3 Å². The maximum atomic E-state index is 13.3. The lowest BCUT2D eigenvalue weighted by Crippen LogP contribution is -2.32. The van der Waals surface area contributed by atoms with E-state index in [4.69, 9.17) is 9.32 Å². The van der Waals surface area contributed by atoms with E-state index >= 15 is 0 Å². The van der Waals surface area contributed by atoms with Gasteiger partial charge in [-0.15, -0.1) is 0 Å². The maximum Gasteiger partial charge on any atom is 0.231 e. The van der Waals surface area contributed by atoms with Gasteiger partial charge in [0.15, 0.2) is 0 Å². The van der Waals surface area contributed by atoms with Crippen LogP contribution in [0.1, 0.15) is 34.5 Å². The number of halogens is 1. The number of aliphatic hydroxyl groups excluding tert-OH is 1. The zero-order valence-electron chi connectivity index (χ0n) is 18.5. The second-order valence-electron chi connectivity index (χ2n) is 8.23. The Hall–Kier alpha value is -2.51. The normalized spacial score (nSPS) is 20.9. The smallest absolute Gasteiger partial charge is 0.231 e. The quantitative estimate of drug-likeness (QED) is 0.386. The van der Waals surface area contributed by atoms with Crippen LogP contribution >= 0.6 is 15.9 Å². The molecule has 10 nitrogen and oxygen atoms in total. The molecule has 0 radical (unpaired) electrons. The van der Waals surface area contributed by atoms with E-state index in [1.807, 2.05) is 36.2 Å². The van der Waals surface area contributed by atoms with Gasteiger partial charge in [-0.2, -0.15) is 5.10 Å². The molecule has 2 heterocycles. The molecule has 12 heteroatoms. The summed E-state index contributed by atoms with van der Waals surface area (Å²) in [6.07, 6.45) is 5.04. The number of rotatable bonds is 9. The molecule has 1 fully saturated rings. The van der Waals surface area contributed by atoms with Crippen molar-refractivity contribution in [3.8, 4) is 0 Å². The van der Waals surface area contributed by atoms with Crippen molar-refractivity contribution in [2.75, 3.05) is 18.6 Å². The van der Waals surface area contributed by atoms with Crippen LogP contribution in [0.5, 0.6) is 0 Å². The van der Waals surface area contributed by atoms with Gasteiger partial charge in [0, 0.05) is 35.9 Å². The average molecular weight is 549 g/mol. The lowest BCUT2D eigenvalue weighted by atomic mass is 10.1. The Morgan fingerprint density at radius 1 is 1.38 bits per heavy atom. The number of aliphatic hydroxyl groups is 1. The molecule has 3 aromatic rings. The minimum Gasteiger partial charge on any atom is -0.393 e. The highest BCUT2D eigenvalue weighted by atomic mass is 79.9. The zero-order valence-corrected chi connectivity index (χ0v) is 20.9. The van der Waals surface area contributed by atoms with Crippen LogP contribution in [0, 0.1) is 5.92 Å². The Balaban J connectivity index is 1.49. The topological polar surface area (TPSA) is 136 Å². The molecule has 0 saturated heterocycles. The van der Waals surface area contributed by atoms with Crippen molar-refractivity contribution >= 4 is 38.8 Å². The molecule has 3 N–H and O–H groups in total. The van der Waals surface area contributed by atoms with Gasteiger partial charge in [0.25, 0.3) is 0 Å². The molecular weight excluding hydrogens is 524 g/mol. The zero-order chi connectivity index (χ0) is 24.2. The molecule has 4 rings (SSSR count). The Bertz CT molecular complexity index is 1190. The van der Waals surface area contributed by atoms with Crippen LogP contribution in [-0.4, -0.2) is 60.6 Å². The first-order valence-electron chi connectivity index (χ1n) is 10.6. The summed E-state index contributed by atoms with van der Waals surface area (Å²) in [4.78, 5) is 23.6. The van der Waals surface area contributed by atoms with Gasteiger partial charge in [-0.05, 0) is 36.6 Å². The molecule has 180 valence electrons. The summed E-state index contributed by atoms with van der Waals surface area (Å²) in [6.45, 7) is 0.626. The van der Waals surface area contributed by atoms with E-state index in [-0.39, 0.29) is 24.3 Å². The van der Waals surface area contributed by atoms with Crippen molar-refractivity contribution in [1.82, 2.24) is 19.7 Å². The highest BCUT2D eigenvalue weighted by Crippen LogP contribution is 2.33. The van der Waals surface area contributed by atoms with Gasteiger partial charge in [-0.1, -0.05) is 28.1 Å². The second-order valence-corrected chi connectivity index (χ2v) is 9.90. The number of carbonyl (C=O) groups excluding carboxylic acids is 1. The third kappa shape index (κ3) is 5.76. The van der Waals surface area contributed by atoms with Crippen molar-refractivity contribution in [3.63, 3.8) is 0 Å². The molecule has 0 amide bonds. The van der Waals surface area contributed by atoms with Gasteiger partial charge in [0.05, 0.1) is 24.8 Å². The molecule has 2 aromatic heterocycles. The SMILES string of the molecule is CN(c1ncncc1C(=O)c1ccn(Cc2cccc(Br)c2)n1)[C@@H]1C[C@H](COS(N)=O)[C@@H](O)C1. The van der Waals surface area contributed by atoms with Crippen LogP contribution in [-0.2, 0) is 22.0 Å². The van der Waals surface area contributed by atoms with Crippen molar-refractivity contribution in [1.29, 1.82) is 0 Å². The summed E-state index contributed by atoms with van der Waals surface area (Å²) < 4.78 is 18.7. The van der Waals surface area contributed by atoms with Crippen molar-refractivity contribution in [2.45, 2.75) is 31.5 Å². The molecule has 1 aromatic carbocycles. The van der Waals surface area contributed by atoms with Crippen LogP contribution in [0.3, 0.4) is 0 Å². The average Bonchev–Trinajstić information content (AvgIpc) is 3.43. The number of nitrogens with zero attached hydrogens (tertiary/aromatic N) is 5. The van der Waals surface area contributed by atoms with Gasteiger partial charge >= 0.3 is 0 Å². The molecule has 0 aliphatic heterocycles. The summed E-state index contributed by atoms with van der Waals surface area (Å²) in [5.74, 6) is -0.0373. The summed E-state index contributed by atoms with van der Waals surface area (Å²) in [5, 5.41) is 20.0. The minimum atomic E-state index is -1.88. The van der Waals surface area contributed by atoms with Gasteiger partial charge in [-0.3, -0.25) is 13.7 Å². The van der Waals surface area contributed by atoms with Crippen LogP contribution in [0.25, 0.3) is 0 Å². The van der Waals surface area contributed by atoms with Gasteiger partial charge in [0.1, 0.15) is 17.8 Å². The number of benzene rings is 1. The molecule has 0 bridgehead atoms. The third-order valence-corrected chi connectivity index (χ3v) is 6.82. The summed E-state index contributed by atoms with van der Waals surface area (Å²) in [5.41, 5.74) is 1.68. The van der Waals surface area contributed by atoms with Gasteiger partial charge < -0.3 is 10.0 Å². The largest absolute Gasteiger partial charge is 0.393 e. The van der Waals surface area contributed by atoms with Crippen LogP contribution in [0.15, 0.2) is 53.5 Å². The van der Waals surface area contributed by atoms with Crippen LogP contribution < -0.4 is 10.0 Å². The molecule has 0 spiro atoms. The van der Waals surface area contributed by atoms with Crippen molar-refractivity contribution in [3.05, 3.63) is 70.3 Å². The first-order chi connectivity index (χ1) is 16.3. The lowest BCUT2D eigenvalue weighted by molar-refractivity contribution is 0.102. The number of hydrogen-bond donors (Lipinski definition) is 2. The number of hydrogen-bond acceptors (Lipinski definition) is 8. The standard InChI is InChI=1S/C22H25BrN6O4S/c1-28(17-8-15(20(30)9-17)12-33-34(24)32)22-18(10-25-13-26-22)21(31)19-5-6-29(27-19)11-14-3-2-4-16(23)7-14/h2-7,10,13,15,17,20,30H,8-9,11-12,24H2,1H3/t15-,17-,20+,34?/m1/s1. The van der Waals surface area contributed by atoms with E-state index in [2.05, 4.69) is 31.0 Å². The predicted molar refractivity (Wildman–Crippen MR) is 130 cm³/mol. The molecular formula is C22H25BrN6O4S. The second kappa shape index (κ2) is 10.8. The van der Waals surface area contributed by atoms with E-state index in [1.54, 1.807) is 16.9 Å². The molecule has 34 heavy (non-hydrogen) atoms. The fraction of sp³-hybridized carbons (Fsp3) is 0.364. The number of ketones is 1. The minimum absolute atomic E-state index is 0.0923. The van der Waals surface area contributed by atoms with E-state index in [1.165, 1.54) is 12.5 Å². The van der Waals surface area contributed by atoms with E-state index in [9.17, 15) is 14.1 Å². The van der Waals surface area contributed by atoms with Crippen LogP contribution in [0.2, 0.25) is 0 Å². The highest BCUT2D eigenvalue weighted by Gasteiger charge is 2.37. The van der Waals surface area contributed by atoms with E-state index in [0.717, 1.165) is 10.0 Å². The number of aromatic nitrogens is 4.